The largest absolute Gasteiger partial charge is 0.240 e. The van der Waals surface area contributed by atoms with Crippen molar-refractivity contribution < 1.29 is 8.42 Å². The molecule has 15 heavy (non-hydrogen) atoms. The van der Waals surface area contributed by atoms with Gasteiger partial charge in [-0.25, -0.2) is 13.1 Å². The van der Waals surface area contributed by atoms with Crippen molar-refractivity contribution in [3.63, 3.8) is 0 Å². The lowest BCUT2D eigenvalue weighted by molar-refractivity contribution is 0.585. The molecule has 3 nitrogen and oxygen atoms in total. The van der Waals surface area contributed by atoms with Crippen LogP contribution in [-0.2, 0) is 10.0 Å². The number of aryl methyl sites for hydroxylation is 1. The Morgan fingerprint density at radius 3 is 2.40 bits per heavy atom. The zero-order chi connectivity index (χ0) is 11.5. The van der Waals surface area contributed by atoms with E-state index in [-0.39, 0.29) is 16.5 Å². The zero-order valence-corrected chi connectivity index (χ0v) is 9.90. The van der Waals surface area contributed by atoms with E-state index >= 15 is 0 Å². The first-order valence-corrected chi connectivity index (χ1v) is 6.17. The first-order valence-electron chi connectivity index (χ1n) is 4.31. The summed E-state index contributed by atoms with van der Waals surface area (Å²) in [7, 11) is -3.47. The summed E-state index contributed by atoms with van der Waals surface area (Å²) in [6, 6.07) is 6.58. The second-order valence-corrected chi connectivity index (χ2v) is 5.46. The van der Waals surface area contributed by atoms with Crippen molar-refractivity contribution in [2.24, 2.45) is 0 Å². The van der Waals surface area contributed by atoms with Crippen molar-refractivity contribution in [2.45, 2.75) is 11.8 Å². The summed E-state index contributed by atoms with van der Waals surface area (Å²) in [5, 5.41) is 0.255. The SMILES string of the molecule is C=C(Cl)CNS(=O)(=O)c1ccc(C)cc1. The molecule has 0 aromatic heterocycles. The van der Waals surface area contributed by atoms with Crippen molar-refractivity contribution in [3.8, 4) is 0 Å². The van der Waals surface area contributed by atoms with E-state index < -0.39 is 10.0 Å². The van der Waals surface area contributed by atoms with E-state index in [1.54, 1.807) is 24.3 Å². The summed E-state index contributed by atoms with van der Waals surface area (Å²) in [4.78, 5) is 0.228. The molecule has 0 saturated heterocycles. The van der Waals surface area contributed by atoms with Gasteiger partial charge in [0, 0.05) is 11.6 Å². The topological polar surface area (TPSA) is 46.2 Å². The monoisotopic (exact) mass is 245 g/mol. The molecular formula is C10H12ClNO2S. The normalized spacial score (nSPS) is 11.3. The maximum absolute atomic E-state index is 11.6. The van der Waals surface area contributed by atoms with Crippen molar-refractivity contribution in [2.75, 3.05) is 6.54 Å². The number of sulfonamides is 1. The van der Waals surface area contributed by atoms with E-state index in [2.05, 4.69) is 11.3 Å². The maximum atomic E-state index is 11.6. The molecule has 1 rings (SSSR count). The summed E-state index contributed by atoms with van der Waals surface area (Å²) >= 11 is 5.48. The van der Waals surface area contributed by atoms with E-state index in [1.807, 2.05) is 6.92 Å². The van der Waals surface area contributed by atoms with E-state index in [1.165, 1.54) is 0 Å². The average Bonchev–Trinajstić information content (AvgIpc) is 2.16. The quantitative estimate of drug-likeness (QED) is 0.882. The Bertz CT molecular complexity index is 451. The Balaban J connectivity index is 2.87. The van der Waals surface area contributed by atoms with Gasteiger partial charge < -0.3 is 0 Å². The van der Waals surface area contributed by atoms with Crippen LogP contribution in [0.25, 0.3) is 0 Å². The second-order valence-electron chi connectivity index (χ2n) is 3.15. The summed E-state index contributed by atoms with van der Waals surface area (Å²) in [5.41, 5.74) is 1.01. The van der Waals surface area contributed by atoms with Gasteiger partial charge in [0.05, 0.1) is 4.90 Å². The molecule has 0 aliphatic rings. The summed E-state index contributed by atoms with van der Waals surface area (Å²) in [6.45, 7) is 5.34. The third-order valence-corrected chi connectivity index (χ3v) is 3.34. The Kier molecular flexibility index (Phi) is 3.90. The predicted octanol–water partition coefficient (Wildman–Crippen LogP) is 2.03. The van der Waals surface area contributed by atoms with Crippen molar-refractivity contribution >= 4 is 21.6 Å². The van der Waals surface area contributed by atoms with Gasteiger partial charge in [0.25, 0.3) is 0 Å². The smallest absolute Gasteiger partial charge is 0.207 e. The van der Waals surface area contributed by atoms with E-state index in [9.17, 15) is 8.42 Å². The molecule has 1 aromatic rings. The van der Waals surface area contributed by atoms with E-state index in [4.69, 9.17) is 11.6 Å². The molecule has 5 heteroatoms. The third-order valence-electron chi connectivity index (χ3n) is 1.79. The van der Waals surface area contributed by atoms with Crippen LogP contribution in [0, 0.1) is 6.92 Å². The fraction of sp³-hybridized carbons (Fsp3) is 0.200. The van der Waals surface area contributed by atoms with Crippen LogP contribution in [0.1, 0.15) is 5.56 Å². The van der Waals surface area contributed by atoms with Crippen LogP contribution < -0.4 is 4.72 Å². The zero-order valence-electron chi connectivity index (χ0n) is 8.33. The van der Waals surface area contributed by atoms with Crippen LogP contribution in [0.15, 0.2) is 40.8 Å². The predicted molar refractivity (Wildman–Crippen MR) is 61.4 cm³/mol. The fourth-order valence-electron chi connectivity index (χ4n) is 0.974. The molecule has 0 amide bonds. The lowest BCUT2D eigenvalue weighted by Crippen LogP contribution is -2.24. The highest BCUT2D eigenvalue weighted by atomic mass is 35.5. The van der Waals surface area contributed by atoms with Crippen LogP contribution in [0.4, 0.5) is 0 Å². The molecule has 0 fully saturated rings. The number of nitrogens with one attached hydrogen (secondary N) is 1. The van der Waals surface area contributed by atoms with E-state index in [0.29, 0.717) is 0 Å². The van der Waals surface area contributed by atoms with Crippen LogP contribution in [0.2, 0.25) is 0 Å². The average molecular weight is 246 g/mol. The lowest BCUT2D eigenvalue weighted by atomic mass is 10.2. The van der Waals surface area contributed by atoms with Gasteiger partial charge >= 0.3 is 0 Å². The minimum absolute atomic E-state index is 0.0394. The van der Waals surface area contributed by atoms with Gasteiger partial charge in [-0.1, -0.05) is 35.9 Å². The summed E-state index contributed by atoms with van der Waals surface area (Å²) in [6.07, 6.45) is 0. The van der Waals surface area contributed by atoms with Gasteiger partial charge in [0.1, 0.15) is 0 Å². The molecule has 0 bridgehead atoms. The van der Waals surface area contributed by atoms with Gasteiger partial charge in [-0.05, 0) is 19.1 Å². The molecule has 1 N–H and O–H groups in total. The molecular weight excluding hydrogens is 234 g/mol. The maximum Gasteiger partial charge on any atom is 0.240 e. The van der Waals surface area contributed by atoms with Gasteiger partial charge in [-0.3, -0.25) is 0 Å². The number of hydrogen-bond donors (Lipinski definition) is 1. The fourth-order valence-corrected chi connectivity index (χ4v) is 2.15. The molecule has 0 aliphatic heterocycles. The summed E-state index contributed by atoms with van der Waals surface area (Å²) in [5.74, 6) is 0. The number of hydrogen-bond acceptors (Lipinski definition) is 2. The Labute approximate surface area is 94.8 Å². The first-order chi connectivity index (χ1) is 6.92. The minimum atomic E-state index is -3.47. The summed E-state index contributed by atoms with van der Waals surface area (Å²) < 4.78 is 25.6. The van der Waals surface area contributed by atoms with Crippen molar-refractivity contribution in [1.29, 1.82) is 0 Å². The third kappa shape index (κ3) is 3.66. The molecule has 0 aliphatic carbocycles. The molecule has 0 atom stereocenters. The minimum Gasteiger partial charge on any atom is -0.207 e. The standard InChI is InChI=1S/C10H12ClNO2S/c1-8-3-5-10(6-4-8)15(13,14)12-7-9(2)11/h3-6,12H,2,7H2,1H3. The van der Waals surface area contributed by atoms with Gasteiger partial charge in [-0.15, -0.1) is 0 Å². The highest BCUT2D eigenvalue weighted by Gasteiger charge is 2.12. The van der Waals surface area contributed by atoms with Crippen LogP contribution >= 0.6 is 11.6 Å². The van der Waals surface area contributed by atoms with Crippen LogP contribution in [0.5, 0.6) is 0 Å². The number of benzene rings is 1. The van der Waals surface area contributed by atoms with Crippen LogP contribution in [0.3, 0.4) is 0 Å². The van der Waals surface area contributed by atoms with Gasteiger partial charge in [-0.2, -0.15) is 0 Å². The van der Waals surface area contributed by atoms with E-state index in [0.717, 1.165) is 5.56 Å². The molecule has 0 radical (unpaired) electrons. The molecule has 1 aromatic carbocycles. The molecule has 0 spiro atoms. The Morgan fingerprint density at radius 1 is 1.40 bits per heavy atom. The van der Waals surface area contributed by atoms with Gasteiger partial charge in [0.15, 0.2) is 0 Å². The second kappa shape index (κ2) is 4.79. The van der Waals surface area contributed by atoms with Gasteiger partial charge in [0.2, 0.25) is 10.0 Å². The molecule has 0 unspecified atom stereocenters. The Hall–Kier alpha value is -0.840. The highest BCUT2D eigenvalue weighted by Crippen LogP contribution is 2.10. The van der Waals surface area contributed by atoms with Crippen molar-refractivity contribution in [1.82, 2.24) is 4.72 Å². The number of rotatable bonds is 4. The molecule has 0 saturated carbocycles. The Morgan fingerprint density at radius 2 is 1.93 bits per heavy atom. The van der Waals surface area contributed by atoms with Crippen molar-refractivity contribution in [3.05, 3.63) is 41.4 Å². The first kappa shape index (κ1) is 12.2. The number of halogens is 1. The molecule has 82 valence electrons. The van der Waals surface area contributed by atoms with Crippen LogP contribution in [-0.4, -0.2) is 15.0 Å². The molecule has 0 heterocycles. The lowest BCUT2D eigenvalue weighted by Gasteiger charge is -2.05. The highest BCUT2D eigenvalue weighted by molar-refractivity contribution is 7.89.